The molecule has 0 radical (unpaired) electrons. The van der Waals surface area contributed by atoms with Gasteiger partial charge in [-0.15, -0.1) is 0 Å². The number of aryl methyl sites for hydroxylation is 1. The van der Waals surface area contributed by atoms with Crippen molar-refractivity contribution in [3.63, 3.8) is 0 Å². The van der Waals surface area contributed by atoms with Crippen LogP contribution in [0, 0.1) is 5.92 Å². The van der Waals surface area contributed by atoms with E-state index < -0.39 is 0 Å². The first-order valence-corrected chi connectivity index (χ1v) is 9.18. The van der Waals surface area contributed by atoms with Gasteiger partial charge < -0.3 is 14.3 Å². The molecular formula is C19H26N6O. The van der Waals surface area contributed by atoms with Crippen LogP contribution in [0.15, 0.2) is 41.3 Å². The van der Waals surface area contributed by atoms with Crippen LogP contribution in [-0.2, 0) is 13.6 Å². The second-order valence-electron chi connectivity index (χ2n) is 7.12. The summed E-state index contributed by atoms with van der Waals surface area (Å²) in [5.74, 6) is 2.33. The predicted molar refractivity (Wildman–Crippen MR) is 99.3 cm³/mol. The van der Waals surface area contributed by atoms with Crippen LogP contribution < -0.4 is 5.32 Å². The normalized spacial score (nSPS) is 21.3. The molecule has 0 aliphatic carbocycles. The summed E-state index contributed by atoms with van der Waals surface area (Å²) in [5, 5.41) is 10.5. The van der Waals surface area contributed by atoms with Crippen molar-refractivity contribution < 1.29 is 4.42 Å². The van der Waals surface area contributed by atoms with Crippen LogP contribution in [0.5, 0.6) is 0 Å². The molecule has 7 heteroatoms. The maximum atomic E-state index is 5.90. The molecule has 3 aromatic rings. The molecule has 0 spiro atoms. The molecule has 138 valence electrons. The SMILES string of the molecule is CN1CCC[C@@H](CNCc2ccc(-c3ccn[nH]3)o2)[C@@H]1c1cncn1C. The van der Waals surface area contributed by atoms with Crippen molar-refractivity contribution >= 4 is 0 Å². The lowest BCUT2D eigenvalue weighted by molar-refractivity contribution is 0.113. The lowest BCUT2D eigenvalue weighted by Crippen LogP contribution is -2.41. The van der Waals surface area contributed by atoms with Gasteiger partial charge in [0.2, 0.25) is 0 Å². The number of piperidine rings is 1. The summed E-state index contributed by atoms with van der Waals surface area (Å²) in [5.41, 5.74) is 2.19. The lowest BCUT2D eigenvalue weighted by Gasteiger charge is -2.39. The molecule has 1 aliphatic heterocycles. The Morgan fingerprint density at radius 2 is 2.23 bits per heavy atom. The number of likely N-dealkylation sites (tertiary alicyclic amines) is 1. The number of hydrogen-bond acceptors (Lipinski definition) is 5. The van der Waals surface area contributed by atoms with E-state index >= 15 is 0 Å². The van der Waals surface area contributed by atoms with E-state index in [1.54, 1.807) is 6.20 Å². The summed E-state index contributed by atoms with van der Waals surface area (Å²) >= 11 is 0. The smallest absolute Gasteiger partial charge is 0.152 e. The van der Waals surface area contributed by atoms with Crippen molar-refractivity contribution in [2.45, 2.75) is 25.4 Å². The van der Waals surface area contributed by atoms with Gasteiger partial charge in [0.25, 0.3) is 0 Å². The average Bonchev–Trinajstić information content (AvgIpc) is 3.36. The highest BCUT2D eigenvalue weighted by Crippen LogP contribution is 2.34. The zero-order valence-electron chi connectivity index (χ0n) is 15.4. The van der Waals surface area contributed by atoms with E-state index in [1.807, 2.05) is 30.7 Å². The average molecular weight is 354 g/mol. The van der Waals surface area contributed by atoms with E-state index in [0.29, 0.717) is 12.0 Å². The summed E-state index contributed by atoms with van der Waals surface area (Å²) < 4.78 is 8.04. The van der Waals surface area contributed by atoms with E-state index in [2.05, 4.69) is 44.1 Å². The van der Waals surface area contributed by atoms with Gasteiger partial charge in [0, 0.05) is 26.0 Å². The second-order valence-corrected chi connectivity index (χ2v) is 7.12. The number of nitrogens with zero attached hydrogens (tertiary/aromatic N) is 4. The fourth-order valence-corrected chi connectivity index (χ4v) is 3.98. The molecule has 0 saturated carbocycles. The van der Waals surface area contributed by atoms with E-state index in [0.717, 1.165) is 36.8 Å². The molecule has 26 heavy (non-hydrogen) atoms. The minimum Gasteiger partial charge on any atom is -0.458 e. The summed E-state index contributed by atoms with van der Waals surface area (Å²) in [6.45, 7) is 2.82. The number of H-pyrrole nitrogens is 1. The lowest BCUT2D eigenvalue weighted by atomic mass is 9.87. The van der Waals surface area contributed by atoms with Crippen LogP contribution in [0.4, 0.5) is 0 Å². The van der Waals surface area contributed by atoms with Gasteiger partial charge >= 0.3 is 0 Å². The Hall–Kier alpha value is -2.38. The minimum absolute atomic E-state index is 0.404. The topological polar surface area (TPSA) is 74.9 Å². The number of imidazole rings is 1. The summed E-state index contributed by atoms with van der Waals surface area (Å²) in [4.78, 5) is 6.77. The van der Waals surface area contributed by atoms with Crippen LogP contribution in [0.3, 0.4) is 0 Å². The highest BCUT2D eigenvalue weighted by atomic mass is 16.3. The van der Waals surface area contributed by atoms with E-state index in [1.165, 1.54) is 18.5 Å². The minimum atomic E-state index is 0.404. The second kappa shape index (κ2) is 7.47. The van der Waals surface area contributed by atoms with Crippen molar-refractivity contribution in [3.05, 3.63) is 48.4 Å². The van der Waals surface area contributed by atoms with Crippen LogP contribution in [0.25, 0.3) is 11.5 Å². The molecule has 1 aliphatic rings. The molecule has 0 amide bonds. The number of aromatic nitrogens is 4. The van der Waals surface area contributed by atoms with Gasteiger partial charge in [-0.2, -0.15) is 5.10 Å². The Kier molecular flexibility index (Phi) is 4.90. The first-order chi connectivity index (χ1) is 12.7. The highest BCUT2D eigenvalue weighted by Gasteiger charge is 2.31. The van der Waals surface area contributed by atoms with Crippen molar-refractivity contribution in [3.8, 4) is 11.5 Å². The maximum Gasteiger partial charge on any atom is 0.152 e. The molecule has 4 rings (SSSR count). The van der Waals surface area contributed by atoms with Gasteiger partial charge in [-0.25, -0.2) is 4.98 Å². The monoisotopic (exact) mass is 354 g/mol. The van der Waals surface area contributed by atoms with Gasteiger partial charge in [-0.3, -0.25) is 10.00 Å². The molecular weight excluding hydrogens is 328 g/mol. The molecule has 4 heterocycles. The van der Waals surface area contributed by atoms with Gasteiger partial charge in [0.05, 0.1) is 24.6 Å². The molecule has 0 unspecified atom stereocenters. The van der Waals surface area contributed by atoms with Gasteiger partial charge in [0.15, 0.2) is 5.76 Å². The highest BCUT2D eigenvalue weighted by molar-refractivity contribution is 5.51. The number of nitrogens with one attached hydrogen (secondary N) is 2. The number of rotatable bonds is 6. The van der Waals surface area contributed by atoms with Gasteiger partial charge in [0.1, 0.15) is 11.5 Å². The molecule has 2 N–H and O–H groups in total. The van der Waals surface area contributed by atoms with Gasteiger partial charge in [-0.05, 0) is 50.6 Å². The molecule has 1 saturated heterocycles. The van der Waals surface area contributed by atoms with Crippen molar-refractivity contribution in [2.24, 2.45) is 13.0 Å². The fraction of sp³-hybridized carbons (Fsp3) is 0.474. The van der Waals surface area contributed by atoms with Crippen LogP contribution in [0.1, 0.15) is 30.3 Å². The van der Waals surface area contributed by atoms with Crippen LogP contribution in [0.2, 0.25) is 0 Å². The van der Waals surface area contributed by atoms with E-state index in [9.17, 15) is 0 Å². The van der Waals surface area contributed by atoms with Crippen molar-refractivity contribution in [2.75, 3.05) is 20.1 Å². The Morgan fingerprint density at radius 1 is 1.31 bits per heavy atom. The molecule has 0 aromatic carbocycles. The van der Waals surface area contributed by atoms with Crippen LogP contribution in [-0.4, -0.2) is 44.8 Å². The van der Waals surface area contributed by atoms with Crippen LogP contribution >= 0.6 is 0 Å². The maximum absolute atomic E-state index is 5.90. The third-order valence-electron chi connectivity index (χ3n) is 5.30. The first kappa shape index (κ1) is 17.1. The molecule has 3 aromatic heterocycles. The standard InChI is InChI=1S/C19H26N6O/c1-24-9-3-4-14(19(24)17-12-21-13-25(17)2)10-20-11-15-5-6-18(26-15)16-7-8-22-23-16/h5-8,12-14,19-20H,3-4,9-11H2,1-2H3,(H,22,23)/t14-,19+/m0/s1. The zero-order valence-corrected chi connectivity index (χ0v) is 15.4. The fourth-order valence-electron chi connectivity index (χ4n) is 3.98. The Labute approximate surface area is 153 Å². The predicted octanol–water partition coefficient (Wildman–Crippen LogP) is 2.58. The summed E-state index contributed by atoms with van der Waals surface area (Å²) in [6.07, 6.45) is 8.09. The summed E-state index contributed by atoms with van der Waals surface area (Å²) in [7, 11) is 4.29. The largest absolute Gasteiger partial charge is 0.458 e. The third-order valence-corrected chi connectivity index (χ3v) is 5.30. The molecule has 7 nitrogen and oxygen atoms in total. The Balaban J connectivity index is 1.38. The molecule has 2 atom stereocenters. The van der Waals surface area contributed by atoms with Gasteiger partial charge in [-0.1, -0.05) is 0 Å². The number of aromatic amines is 1. The first-order valence-electron chi connectivity index (χ1n) is 9.18. The molecule has 0 bridgehead atoms. The molecule has 1 fully saturated rings. The third kappa shape index (κ3) is 3.45. The van der Waals surface area contributed by atoms with Crippen molar-refractivity contribution in [1.29, 1.82) is 0 Å². The number of furan rings is 1. The Morgan fingerprint density at radius 3 is 3.00 bits per heavy atom. The van der Waals surface area contributed by atoms with E-state index in [4.69, 9.17) is 4.42 Å². The number of hydrogen-bond donors (Lipinski definition) is 2. The summed E-state index contributed by atoms with van der Waals surface area (Å²) in [6, 6.07) is 6.32. The van der Waals surface area contributed by atoms with E-state index in [-0.39, 0.29) is 0 Å². The quantitative estimate of drug-likeness (QED) is 0.712. The zero-order chi connectivity index (χ0) is 17.9. The Bertz CT molecular complexity index is 821. The van der Waals surface area contributed by atoms with Crippen molar-refractivity contribution in [1.82, 2.24) is 30.0 Å².